The van der Waals surface area contributed by atoms with Crippen LogP contribution in [0.3, 0.4) is 0 Å². The van der Waals surface area contributed by atoms with Gasteiger partial charge in [-0.25, -0.2) is 0 Å². The fourth-order valence-electron chi connectivity index (χ4n) is 3.03. The Morgan fingerprint density at radius 3 is 2.78 bits per heavy atom. The molecule has 5 heteroatoms. The summed E-state index contributed by atoms with van der Waals surface area (Å²) >= 11 is 12.2. The van der Waals surface area contributed by atoms with Crippen LogP contribution in [0.25, 0.3) is 0 Å². The first kappa shape index (κ1) is 16.2. The highest BCUT2D eigenvalue weighted by Gasteiger charge is 2.31. The van der Waals surface area contributed by atoms with Crippen molar-refractivity contribution in [3.8, 4) is 5.75 Å². The van der Waals surface area contributed by atoms with Gasteiger partial charge in [-0.1, -0.05) is 41.4 Å². The highest BCUT2D eigenvalue weighted by molar-refractivity contribution is 6.43. The molecule has 1 fully saturated rings. The van der Waals surface area contributed by atoms with E-state index in [-0.39, 0.29) is 11.9 Å². The van der Waals surface area contributed by atoms with Crippen molar-refractivity contribution in [2.24, 2.45) is 0 Å². The molecule has 3 nitrogen and oxygen atoms in total. The summed E-state index contributed by atoms with van der Waals surface area (Å²) in [6, 6.07) is 13.0. The zero-order valence-corrected chi connectivity index (χ0v) is 14.3. The zero-order chi connectivity index (χ0) is 16.4. The molecule has 0 spiro atoms. The lowest BCUT2D eigenvalue weighted by Crippen LogP contribution is -2.30. The Bertz CT molecular complexity index is 733. The monoisotopic (exact) mass is 349 g/mol. The fourth-order valence-corrected chi connectivity index (χ4v) is 3.41. The molecule has 0 N–H and O–H groups in total. The molecule has 1 aliphatic rings. The molecule has 1 atom stereocenters. The first-order chi connectivity index (χ1) is 11.1. The van der Waals surface area contributed by atoms with E-state index in [1.165, 1.54) is 0 Å². The summed E-state index contributed by atoms with van der Waals surface area (Å²) in [5, 5.41) is 0.713. The van der Waals surface area contributed by atoms with Crippen molar-refractivity contribution in [1.82, 2.24) is 4.90 Å². The van der Waals surface area contributed by atoms with Gasteiger partial charge in [0.2, 0.25) is 0 Å². The fraction of sp³-hybridized carbons (Fsp3) is 0.278. The molecule has 1 aliphatic heterocycles. The Morgan fingerprint density at radius 1 is 1.22 bits per heavy atom. The van der Waals surface area contributed by atoms with E-state index in [9.17, 15) is 4.79 Å². The average molecular weight is 350 g/mol. The van der Waals surface area contributed by atoms with Crippen molar-refractivity contribution in [2.75, 3.05) is 13.7 Å². The standard InChI is InChI=1S/C18H17Cl2NO2/c1-23-13-6-2-5-12(11-13)16-9-4-10-21(16)18(22)14-7-3-8-15(19)17(14)20/h2-3,5-8,11,16H,4,9-10H2,1H3. The summed E-state index contributed by atoms with van der Waals surface area (Å²) in [4.78, 5) is 14.8. The van der Waals surface area contributed by atoms with Gasteiger partial charge in [0.05, 0.1) is 28.8 Å². The number of likely N-dealkylation sites (tertiary alicyclic amines) is 1. The maximum Gasteiger partial charge on any atom is 0.255 e. The zero-order valence-electron chi connectivity index (χ0n) is 12.8. The summed E-state index contributed by atoms with van der Waals surface area (Å²) in [6.07, 6.45) is 1.89. The van der Waals surface area contributed by atoms with Gasteiger partial charge >= 0.3 is 0 Å². The minimum Gasteiger partial charge on any atom is -0.497 e. The topological polar surface area (TPSA) is 29.5 Å². The van der Waals surface area contributed by atoms with E-state index in [2.05, 4.69) is 0 Å². The van der Waals surface area contributed by atoms with Gasteiger partial charge in [-0.05, 0) is 42.7 Å². The number of rotatable bonds is 3. The molecular weight excluding hydrogens is 333 g/mol. The number of methoxy groups -OCH3 is 1. The van der Waals surface area contributed by atoms with Crippen LogP contribution in [-0.2, 0) is 0 Å². The molecular formula is C18H17Cl2NO2. The third kappa shape index (κ3) is 3.17. The van der Waals surface area contributed by atoms with Crippen molar-refractivity contribution >= 4 is 29.1 Å². The Hall–Kier alpha value is -1.71. The van der Waals surface area contributed by atoms with E-state index in [0.29, 0.717) is 22.2 Å². The summed E-state index contributed by atoms with van der Waals surface area (Å²) < 4.78 is 5.29. The lowest BCUT2D eigenvalue weighted by molar-refractivity contribution is 0.0735. The van der Waals surface area contributed by atoms with Crippen molar-refractivity contribution in [1.29, 1.82) is 0 Å². The van der Waals surface area contributed by atoms with Gasteiger partial charge in [0.25, 0.3) is 5.91 Å². The maximum atomic E-state index is 12.9. The number of hydrogen-bond acceptors (Lipinski definition) is 2. The van der Waals surface area contributed by atoms with Gasteiger partial charge in [-0.3, -0.25) is 4.79 Å². The minimum atomic E-state index is -0.0807. The molecule has 0 aliphatic carbocycles. The van der Waals surface area contributed by atoms with E-state index in [0.717, 1.165) is 24.2 Å². The Kier molecular flexibility index (Phi) is 4.79. The van der Waals surface area contributed by atoms with Crippen molar-refractivity contribution in [3.05, 3.63) is 63.6 Å². The molecule has 0 saturated carbocycles. The molecule has 1 heterocycles. The summed E-state index contributed by atoms with van der Waals surface area (Å²) in [7, 11) is 1.64. The highest BCUT2D eigenvalue weighted by Crippen LogP contribution is 2.36. The molecule has 23 heavy (non-hydrogen) atoms. The van der Waals surface area contributed by atoms with Gasteiger partial charge < -0.3 is 9.64 Å². The van der Waals surface area contributed by atoms with E-state index in [1.807, 2.05) is 29.2 Å². The molecule has 2 aromatic carbocycles. The van der Waals surface area contributed by atoms with Gasteiger partial charge in [-0.2, -0.15) is 0 Å². The Labute approximate surface area is 145 Å². The SMILES string of the molecule is COc1cccc(C2CCCN2C(=O)c2cccc(Cl)c2Cl)c1. The molecule has 0 radical (unpaired) electrons. The second-order valence-electron chi connectivity index (χ2n) is 5.53. The van der Waals surface area contributed by atoms with E-state index < -0.39 is 0 Å². The minimum absolute atomic E-state index is 0.0349. The highest BCUT2D eigenvalue weighted by atomic mass is 35.5. The largest absolute Gasteiger partial charge is 0.497 e. The molecule has 0 aromatic heterocycles. The van der Waals surface area contributed by atoms with Crippen molar-refractivity contribution < 1.29 is 9.53 Å². The van der Waals surface area contributed by atoms with Crippen LogP contribution in [0.15, 0.2) is 42.5 Å². The number of carbonyl (C=O) groups is 1. The molecule has 1 saturated heterocycles. The van der Waals surface area contributed by atoms with Crippen LogP contribution in [0.2, 0.25) is 10.0 Å². The lowest BCUT2D eigenvalue weighted by atomic mass is 10.0. The smallest absolute Gasteiger partial charge is 0.255 e. The van der Waals surface area contributed by atoms with Gasteiger partial charge in [0, 0.05) is 6.54 Å². The maximum absolute atomic E-state index is 12.9. The second kappa shape index (κ2) is 6.81. The van der Waals surface area contributed by atoms with E-state index >= 15 is 0 Å². The number of amides is 1. The van der Waals surface area contributed by atoms with Gasteiger partial charge in [0.1, 0.15) is 5.75 Å². The summed E-state index contributed by atoms with van der Waals surface area (Å²) in [5.74, 6) is 0.713. The van der Waals surface area contributed by atoms with Crippen molar-refractivity contribution in [3.63, 3.8) is 0 Å². The van der Waals surface area contributed by atoms with Crippen LogP contribution >= 0.6 is 23.2 Å². The van der Waals surface area contributed by atoms with Crippen LogP contribution in [0.5, 0.6) is 5.75 Å². The Balaban J connectivity index is 1.92. The van der Waals surface area contributed by atoms with Crippen LogP contribution in [0, 0.1) is 0 Å². The molecule has 1 unspecified atom stereocenters. The third-order valence-corrected chi connectivity index (χ3v) is 4.99. The number of benzene rings is 2. The normalized spacial score (nSPS) is 17.3. The van der Waals surface area contributed by atoms with Crippen LogP contribution in [0.1, 0.15) is 34.8 Å². The van der Waals surface area contributed by atoms with E-state index in [1.54, 1.807) is 25.3 Å². The molecule has 1 amide bonds. The molecule has 2 aromatic rings. The molecule has 3 rings (SSSR count). The number of hydrogen-bond donors (Lipinski definition) is 0. The number of halogens is 2. The first-order valence-corrected chi connectivity index (χ1v) is 8.26. The quantitative estimate of drug-likeness (QED) is 0.781. The van der Waals surface area contributed by atoms with Crippen LogP contribution in [-0.4, -0.2) is 24.5 Å². The van der Waals surface area contributed by atoms with Crippen molar-refractivity contribution in [2.45, 2.75) is 18.9 Å². The number of ether oxygens (including phenoxy) is 1. The summed E-state index contributed by atoms with van der Waals surface area (Å²) in [6.45, 7) is 0.712. The summed E-state index contributed by atoms with van der Waals surface area (Å²) in [5.41, 5.74) is 1.53. The van der Waals surface area contributed by atoms with E-state index in [4.69, 9.17) is 27.9 Å². The van der Waals surface area contributed by atoms with Gasteiger partial charge in [0.15, 0.2) is 0 Å². The van der Waals surface area contributed by atoms with Crippen LogP contribution in [0.4, 0.5) is 0 Å². The average Bonchev–Trinajstić information content (AvgIpc) is 3.06. The predicted octanol–water partition coefficient (Wildman–Crippen LogP) is 4.98. The first-order valence-electron chi connectivity index (χ1n) is 7.50. The Morgan fingerprint density at radius 2 is 2.00 bits per heavy atom. The third-order valence-electron chi connectivity index (χ3n) is 4.17. The lowest BCUT2D eigenvalue weighted by Gasteiger charge is -2.26. The second-order valence-corrected chi connectivity index (χ2v) is 6.32. The molecule has 0 bridgehead atoms. The predicted molar refractivity (Wildman–Crippen MR) is 92.5 cm³/mol. The number of carbonyl (C=O) groups excluding carboxylic acids is 1. The molecule has 120 valence electrons. The van der Waals surface area contributed by atoms with Gasteiger partial charge in [-0.15, -0.1) is 0 Å². The van der Waals surface area contributed by atoms with Crippen LogP contribution < -0.4 is 4.74 Å². The number of nitrogens with zero attached hydrogens (tertiary/aromatic N) is 1.